The van der Waals surface area contributed by atoms with Gasteiger partial charge in [-0.15, -0.1) is 22.9 Å². The summed E-state index contributed by atoms with van der Waals surface area (Å²) in [5.41, 5.74) is 0.485. The molecule has 6 nitrogen and oxygen atoms in total. The fourth-order valence-corrected chi connectivity index (χ4v) is 2.57. The molecule has 2 rings (SSSR count). The van der Waals surface area contributed by atoms with Crippen molar-refractivity contribution < 1.29 is 9.72 Å². The number of nitro benzene ring substituents is 1. The molecule has 0 radical (unpaired) electrons. The van der Waals surface area contributed by atoms with Crippen molar-refractivity contribution in [3.63, 3.8) is 0 Å². The standard InChI is InChI=1S/C11H7Cl2N3O3S/c12-4-8-5-20-11(14-8)15-10(17)6-1-7(13)3-9(2-6)16(18)19/h1-3,5H,4H2,(H,14,15,17). The Balaban J connectivity index is 2.22. The van der Waals surface area contributed by atoms with Crippen LogP contribution in [0, 0.1) is 10.1 Å². The van der Waals surface area contributed by atoms with Gasteiger partial charge in [0.25, 0.3) is 11.6 Å². The van der Waals surface area contributed by atoms with E-state index in [1.54, 1.807) is 5.38 Å². The zero-order chi connectivity index (χ0) is 14.7. The number of rotatable bonds is 4. The molecule has 1 aromatic heterocycles. The Morgan fingerprint density at radius 1 is 1.45 bits per heavy atom. The number of nitro groups is 1. The second kappa shape index (κ2) is 6.17. The minimum absolute atomic E-state index is 0.0897. The molecule has 0 bridgehead atoms. The summed E-state index contributed by atoms with van der Waals surface area (Å²) < 4.78 is 0. The number of nitrogens with zero attached hydrogens (tertiary/aromatic N) is 2. The van der Waals surface area contributed by atoms with E-state index < -0.39 is 10.8 Å². The molecule has 104 valence electrons. The highest BCUT2D eigenvalue weighted by Crippen LogP contribution is 2.23. The maximum Gasteiger partial charge on any atom is 0.271 e. The van der Waals surface area contributed by atoms with E-state index in [4.69, 9.17) is 23.2 Å². The zero-order valence-electron chi connectivity index (χ0n) is 9.80. The molecule has 0 spiro atoms. The van der Waals surface area contributed by atoms with Crippen molar-refractivity contribution in [2.24, 2.45) is 0 Å². The predicted octanol–water partition coefficient (Wildman–Crippen LogP) is 3.70. The highest BCUT2D eigenvalue weighted by molar-refractivity contribution is 7.14. The molecule has 0 unspecified atom stereocenters. The molecule has 1 aromatic carbocycles. The van der Waals surface area contributed by atoms with Crippen LogP contribution in [0.25, 0.3) is 0 Å². The van der Waals surface area contributed by atoms with E-state index in [9.17, 15) is 14.9 Å². The summed E-state index contributed by atoms with van der Waals surface area (Å²) in [4.78, 5) is 26.1. The maximum absolute atomic E-state index is 12.0. The molecule has 20 heavy (non-hydrogen) atoms. The fourth-order valence-electron chi connectivity index (χ4n) is 1.41. The highest BCUT2D eigenvalue weighted by Gasteiger charge is 2.15. The number of carbonyl (C=O) groups excluding carboxylic acids is 1. The molecule has 1 N–H and O–H groups in total. The lowest BCUT2D eigenvalue weighted by Crippen LogP contribution is -2.12. The summed E-state index contributed by atoms with van der Waals surface area (Å²) in [6.07, 6.45) is 0. The topological polar surface area (TPSA) is 85.1 Å². The number of non-ortho nitro benzene ring substituents is 1. The number of hydrogen-bond acceptors (Lipinski definition) is 5. The van der Waals surface area contributed by atoms with E-state index >= 15 is 0 Å². The molecule has 0 aliphatic carbocycles. The molecule has 0 saturated carbocycles. The highest BCUT2D eigenvalue weighted by atomic mass is 35.5. The van der Waals surface area contributed by atoms with Gasteiger partial charge in [0.2, 0.25) is 0 Å². The third-order valence-electron chi connectivity index (χ3n) is 2.26. The van der Waals surface area contributed by atoms with Crippen LogP contribution < -0.4 is 5.32 Å². The van der Waals surface area contributed by atoms with E-state index in [1.807, 2.05) is 0 Å². The van der Waals surface area contributed by atoms with Crippen LogP contribution in [0.2, 0.25) is 5.02 Å². The molecular weight excluding hydrogens is 325 g/mol. The molecule has 0 atom stereocenters. The first-order valence-corrected chi connectivity index (χ1v) is 7.05. The van der Waals surface area contributed by atoms with Crippen molar-refractivity contribution in [3.05, 3.63) is 50.0 Å². The SMILES string of the molecule is O=C(Nc1nc(CCl)cs1)c1cc(Cl)cc([N+](=O)[O-])c1. The number of hydrogen-bond donors (Lipinski definition) is 1. The first-order valence-electron chi connectivity index (χ1n) is 5.26. The quantitative estimate of drug-likeness (QED) is 0.525. The Morgan fingerprint density at radius 3 is 2.80 bits per heavy atom. The summed E-state index contributed by atoms with van der Waals surface area (Å²) in [6, 6.07) is 3.67. The van der Waals surface area contributed by atoms with Gasteiger partial charge >= 0.3 is 0 Å². The Hall–Kier alpha value is -1.70. The largest absolute Gasteiger partial charge is 0.298 e. The summed E-state index contributed by atoms with van der Waals surface area (Å²) >= 11 is 12.6. The van der Waals surface area contributed by atoms with Gasteiger partial charge in [0.15, 0.2) is 5.13 Å². The lowest BCUT2D eigenvalue weighted by molar-refractivity contribution is -0.384. The van der Waals surface area contributed by atoms with E-state index in [-0.39, 0.29) is 22.2 Å². The van der Waals surface area contributed by atoms with Crippen molar-refractivity contribution in [2.45, 2.75) is 5.88 Å². The van der Waals surface area contributed by atoms with Gasteiger partial charge in [0.05, 0.1) is 16.5 Å². The molecule has 0 aliphatic rings. The van der Waals surface area contributed by atoms with Crippen LogP contribution in [0.5, 0.6) is 0 Å². The van der Waals surface area contributed by atoms with Gasteiger partial charge in [0.1, 0.15) is 0 Å². The number of carbonyl (C=O) groups is 1. The summed E-state index contributed by atoms with van der Waals surface area (Å²) in [5.74, 6) is -0.277. The van der Waals surface area contributed by atoms with Crippen LogP contribution in [0.15, 0.2) is 23.6 Å². The first-order chi connectivity index (χ1) is 9.49. The zero-order valence-corrected chi connectivity index (χ0v) is 12.1. The summed E-state index contributed by atoms with van der Waals surface area (Å²) in [5, 5.41) is 15.4. The second-order valence-electron chi connectivity index (χ2n) is 3.69. The van der Waals surface area contributed by atoms with Crippen LogP contribution in [0.3, 0.4) is 0 Å². The van der Waals surface area contributed by atoms with E-state index in [0.29, 0.717) is 10.8 Å². The average Bonchev–Trinajstić information content (AvgIpc) is 2.85. The Kier molecular flexibility index (Phi) is 4.53. The summed E-state index contributed by atoms with van der Waals surface area (Å²) in [7, 11) is 0. The number of halogens is 2. The lowest BCUT2D eigenvalue weighted by atomic mass is 10.2. The smallest absolute Gasteiger partial charge is 0.271 e. The minimum Gasteiger partial charge on any atom is -0.298 e. The second-order valence-corrected chi connectivity index (χ2v) is 5.25. The molecule has 0 fully saturated rings. The van der Waals surface area contributed by atoms with Crippen LogP contribution in [-0.2, 0) is 5.88 Å². The van der Waals surface area contributed by atoms with Gasteiger partial charge < -0.3 is 0 Å². The van der Waals surface area contributed by atoms with Crippen molar-refractivity contribution in [3.8, 4) is 0 Å². The molecule has 2 aromatic rings. The van der Waals surface area contributed by atoms with Crippen LogP contribution in [0.4, 0.5) is 10.8 Å². The minimum atomic E-state index is -0.613. The van der Waals surface area contributed by atoms with Crippen molar-refractivity contribution in [1.29, 1.82) is 0 Å². The molecular formula is C11H7Cl2N3O3S. The molecule has 9 heteroatoms. The molecule has 1 heterocycles. The first kappa shape index (κ1) is 14.7. The van der Waals surface area contributed by atoms with E-state index in [1.165, 1.54) is 23.5 Å². The number of anilines is 1. The normalized spacial score (nSPS) is 10.3. The van der Waals surface area contributed by atoms with Crippen molar-refractivity contribution >= 4 is 51.3 Å². The lowest BCUT2D eigenvalue weighted by Gasteiger charge is -2.02. The number of aromatic nitrogens is 1. The third kappa shape index (κ3) is 3.44. The average molecular weight is 332 g/mol. The van der Waals surface area contributed by atoms with Gasteiger partial charge in [-0.1, -0.05) is 11.6 Å². The number of alkyl halides is 1. The maximum atomic E-state index is 12.0. The third-order valence-corrected chi connectivity index (χ3v) is 3.56. The predicted molar refractivity (Wildman–Crippen MR) is 77.7 cm³/mol. The van der Waals surface area contributed by atoms with Gasteiger partial charge in [-0.3, -0.25) is 20.2 Å². The van der Waals surface area contributed by atoms with Gasteiger partial charge in [-0.25, -0.2) is 4.98 Å². The van der Waals surface area contributed by atoms with Crippen LogP contribution in [0.1, 0.15) is 16.1 Å². The Morgan fingerprint density at radius 2 is 2.20 bits per heavy atom. The Labute approximate surface area is 127 Å². The molecule has 0 aliphatic heterocycles. The number of thiazole rings is 1. The number of amides is 1. The molecule has 1 amide bonds. The molecule has 0 saturated heterocycles. The van der Waals surface area contributed by atoms with E-state index in [2.05, 4.69) is 10.3 Å². The van der Waals surface area contributed by atoms with Crippen LogP contribution >= 0.6 is 34.5 Å². The monoisotopic (exact) mass is 331 g/mol. The number of nitrogens with one attached hydrogen (secondary N) is 1. The Bertz CT molecular complexity index is 675. The van der Waals surface area contributed by atoms with Gasteiger partial charge in [0, 0.05) is 28.1 Å². The van der Waals surface area contributed by atoms with E-state index in [0.717, 1.165) is 6.07 Å². The fraction of sp³-hybridized carbons (Fsp3) is 0.0909. The summed E-state index contributed by atoms with van der Waals surface area (Å²) in [6.45, 7) is 0. The van der Waals surface area contributed by atoms with Crippen molar-refractivity contribution in [1.82, 2.24) is 4.98 Å². The van der Waals surface area contributed by atoms with Gasteiger partial charge in [-0.2, -0.15) is 0 Å². The van der Waals surface area contributed by atoms with Crippen LogP contribution in [-0.4, -0.2) is 15.8 Å². The number of benzene rings is 1. The van der Waals surface area contributed by atoms with Gasteiger partial charge in [-0.05, 0) is 6.07 Å². The van der Waals surface area contributed by atoms with Crippen molar-refractivity contribution in [2.75, 3.05) is 5.32 Å².